The number of guanidine groups is 1. The Morgan fingerprint density at radius 3 is 2.63 bits per heavy atom. The van der Waals surface area contributed by atoms with Gasteiger partial charge in [-0.25, -0.2) is 4.99 Å². The van der Waals surface area contributed by atoms with Gasteiger partial charge < -0.3 is 25.8 Å². The van der Waals surface area contributed by atoms with Gasteiger partial charge in [0.1, 0.15) is 6.54 Å². The molecule has 1 fully saturated rings. The van der Waals surface area contributed by atoms with Crippen molar-refractivity contribution in [1.29, 1.82) is 0 Å². The molecule has 1 aromatic rings. The molecule has 27 heavy (non-hydrogen) atoms. The number of nitrogens with one attached hydrogen (secondary N) is 3. The molecule has 0 bridgehead atoms. The van der Waals surface area contributed by atoms with Gasteiger partial charge in [0, 0.05) is 38.4 Å². The summed E-state index contributed by atoms with van der Waals surface area (Å²) in [5.41, 5.74) is -0.177. The van der Waals surface area contributed by atoms with Crippen molar-refractivity contribution in [2.75, 3.05) is 57.8 Å². The van der Waals surface area contributed by atoms with E-state index in [0.717, 1.165) is 18.8 Å². The largest absolute Gasteiger partial charge is 0.387 e. The highest BCUT2D eigenvalue weighted by molar-refractivity contribution is 5.94. The van der Waals surface area contributed by atoms with Gasteiger partial charge in [-0.05, 0) is 26.0 Å². The van der Waals surface area contributed by atoms with E-state index < -0.39 is 5.60 Å². The number of nitrogens with zero attached hydrogens (tertiary/aromatic N) is 2. The third kappa shape index (κ3) is 8.38. The first-order valence-corrected chi connectivity index (χ1v) is 9.38. The van der Waals surface area contributed by atoms with Crippen LogP contribution in [0.1, 0.15) is 13.8 Å². The molecule has 8 nitrogen and oxygen atoms in total. The van der Waals surface area contributed by atoms with Crippen LogP contribution in [0.3, 0.4) is 0 Å². The summed E-state index contributed by atoms with van der Waals surface area (Å²) in [6.07, 6.45) is 0. The van der Waals surface area contributed by atoms with E-state index in [1.807, 2.05) is 37.3 Å². The van der Waals surface area contributed by atoms with E-state index in [1.165, 1.54) is 0 Å². The summed E-state index contributed by atoms with van der Waals surface area (Å²) in [6, 6.07) is 9.27. The van der Waals surface area contributed by atoms with Crippen LogP contribution in [-0.2, 0) is 9.53 Å². The molecule has 1 aromatic carbocycles. The number of aliphatic imine (C=N–C) groups is 1. The highest BCUT2D eigenvalue weighted by atomic mass is 16.5. The van der Waals surface area contributed by atoms with Crippen LogP contribution in [0.15, 0.2) is 35.3 Å². The number of hydrogen-bond acceptors (Lipinski definition) is 5. The Bertz CT molecular complexity index is 601. The zero-order valence-electron chi connectivity index (χ0n) is 16.2. The maximum absolute atomic E-state index is 12.0. The van der Waals surface area contributed by atoms with Gasteiger partial charge in [-0.2, -0.15) is 0 Å². The number of amides is 1. The van der Waals surface area contributed by atoms with Crippen LogP contribution in [0.5, 0.6) is 0 Å². The highest BCUT2D eigenvalue weighted by Crippen LogP contribution is 2.08. The molecule has 0 aliphatic carbocycles. The topological polar surface area (TPSA) is 98.2 Å². The predicted octanol–water partition coefficient (Wildman–Crippen LogP) is 0.263. The normalized spacial score (nSPS) is 17.8. The van der Waals surface area contributed by atoms with E-state index in [9.17, 15) is 9.90 Å². The summed E-state index contributed by atoms with van der Waals surface area (Å²) < 4.78 is 5.34. The molecule has 0 saturated carbocycles. The van der Waals surface area contributed by atoms with Gasteiger partial charge in [0.25, 0.3) is 0 Å². The summed E-state index contributed by atoms with van der Waals surface area (Å²) in [5.74, 6) is 0.307. The molecule has 1 unspecified atom stereocenters. The van der Waals surface area contributed by atoms with Crippen molar-refractivity contribution in [3.8, 4) is 0 Å². The minimum atomic E-state index is -0.917. The summed E-state index contributed by atoms with van der Waals surface area (Å²) in [7, 11) is 0. The Hall–Kier alpha value is -2.16. The van der Waals surface area contributed by atoms with Gasteiger partial charge in [-0.15, -0.1) is 0 Å². The Kier molecular flexibility index (Phi) is 8.50. The average molecular weight is 377 g/mol. The quantitative estimate of drug-likeness (QED) is 0.383. The molecule has 4 N–H and O–H groups in total. The number of ether oxygens (including phenoxy) is 1. The summed E-state index contributed by atoms with van der Waals surface area (Å²) in [4.78, 5) is 18.5. The molecule has 0 aromatic heterocycles. The number of β-amino-alcohol motifs (C(OH)–C–C–N with tert-alkyl or cyclic N) is 1. The molecule has 1 heterocycles. The highest BCUT2D eigenvalue weighted by Gasteiger charge is 2.25. The number of para-hydroxylation sites is 1. The van der Waals surface area contributed by atoms with Gasteiger partial charge in [0.05, 0.1) is 18.8 Å². The van der Waals surface area contributed by atoms with Crippen molar-refractivity contribution in [2.45, 2.75) is 19.4 Å². The summed E-state index contributed by atoms with van der Waals surface area (Å²) in [6.45, 7) is 8.33. The first-order valence-electron chi connectivity index (χ1n) is 9.38. The van der Waals surface area contributed by atoms with Crippen LogP contribution in [0.2, 0.25) is 0 Å². The molecule has 1 aliphatic rings. The van der Waals surface area contributed by atoms with Crippen LogP contribution in [0.25, 0.3) is 0 Å². The number of aliphatic hydroxyl groups is 1. The fourth-order valence-electron chi connectivity index (χ4n) is 2.79. The maximum Gasteiger partial charge on any atom is 0.246 e. The lowest BCUT2D eigenvalue weighted by Crippen LogP contribution is -2.53. The lowest BCUT2D eigenvalue weighted by molar-refractivity contribution is -0.114. The lowest BCUT2D eigenvalue weighted by Gasteiger charge is -2.34. The number of anilines is 1. The van der Waals surface area contributed by atoms with E-state index in [0.29, 0.717) is 38.8 Å². The SMILES string of the molecule is CCNC(=NCC(=O)Nc1ccccc1)NCC(C)(O)CN1CCOCC1. The lowest BCUT2D eigenvalue weighted by atomic mass is 10.1. The molecule has 150 valence electrons. The van der Waals surface area contributed by atoms with Crippen LogP contribution >= 0.6 is 0 Å². The van der Waals surface area contributed by atoms with E-state index in [1.54, 1.807) is 6.92 Å². The monoisotopic (exact) mass is 377 g/mol. The summed E-state index contributed by atoms with van der Waals surface area (Å²) >= 11 is 0. The first kappa shape index (κ1) is 21.1. The van der Waals surface area contributed by atoms with Gasteiger partial charge >= 0.3 is 0 Å². The van der Waals surface area contributed by atoms with E-state index in [2.05, 4.69) is 25.8 Å². The van der Waals surface area contributed by atoms with Crippen LogP contribution in [0.4, 0.5) is 5.69 Å². The smallest absolute Gasteiger partial charge is 0.246 e. The molecule has 1 aliphatic heterocycles. The van der Waals surface area contributed by atoms with Crippen molar-refractivity contribution >= 4 is 17.6 Å². The number of morpholine rings is 1. The van der Waals surface area contributed by atoms with Crippen LogP contribution < -0.4 is 16.0 Å². The van der Waals surface area contributed by atoms with Crippen molar-refractivity contribution in [1.82, 2.24) is 15.5 Å². The second-order valence-electron chi connectivity index (χ2n) is 6.85. The van der Waals surface area contributed by atoms with Crippen LogP contribution in [-0.4, -0.2) is 80.0 Å². The molecule has 1 atom stereocenters. The number of rotatable bonds is 8. The van der Waals surface area contributed by atoms with Crippen molar-refractivity contribution < 1.29 is 14.6 Å². The Balaban J connectivity index is 1.82. The average Bonchev–Trinajstić information content (AvgIpc) is 2.65. The zero-order valence-corrected chi connectivity index (χ0v) is 16.2. The Labute approximate surface area is 161 Å². The first-order chi connectivity index (χ1) is 13.0. The molecule has 8 heteroatoms. The van der Waals surface area contributed by atoms with E-state index >= 15 is 0 Å². The molecular weight excluding hydrogens is 346 g/mol. The van der Waals surface area contributed by atoms with E-state index in [-0.39, 0.29) is 12.5 Å². The molecule has 2 rings (SSSR count). The second-order valence-corrected chi connectivity index (χ2v) is 6.85. The fourth-order valence-corrected chi connectivity index (χ4v) is 2.79. The molecule has 1 amide bonds. The van der Waals surface area contributed by atoms with Gasteiger partial charge in [0.15, 0.2) is 5.96 Å². The molecule has 0 radical (unpaired) electrons. The second kappa shape index (κ2) is 10.9. The van der Waals surface area contributed by atoms with Gasteiger partial charge in [0.2, 0.25) is 5.91 Å². The minimum absolute atomic E-state index is 0.00413. The third-order valence-corrected chi connectivity index (χ3v) is 4.09. The maximum atomic E-state index is 12.0. The Morgan fingerprint density at radius 1 is 1.26 bits per heavy atom. The Morgan fingerprint density at radius 2 is 1.96 bits per heavy atom. The molecule has 1 saturated heterocycles. The molecule has 0 spiro atoms. The van der Waals surface area contributed by atoms with E-state index in [4.69, 9.17) is 4.74 Å². The summed E-state index contributed by atoms with van der Waals surface area (Å²) in [5, 5.41) is 19.7. The van der Waals surface area contributed by atoms with Gasteiger partial charge in [-0.3, -0.25) is 9.69 Å². The van der Waals surface area contributed by atoms with Crippen molar-refractivity contribution in [3.05, 3.63) is 30.3 Å². The predicted molar refractivity (Wildman–Crippen MR) is 107 cm³/mol. The van der Waals surface area contributed by atoms with Crippen molar-refractivity contribution in [2.24, 2.45) is 4.99 Å². The van der Waals surface area contributed by atoms with Crippen LogP contribution in [0, 0.1) is 0 Å². The minimum Gasteiger partial charge on any atom is -0.387 e. The number of hydrogen-bond donors (Lipinski definition) is 4. The number of carbonyl (C=O) groups excluding carboxylic acids is 1. The number of carbonyl (C=O) groups is 1. The van der Waals surface area contributed by atoms with Gasteiger partial charge in [-0.1, -0.05) is 18.2 Å². The third-order valence-electron chi connectivity index (χ3n) is 4.09. The standard InChI is InChI=1S/C19H31N5O3/c1-3-20-18(21-13-17(25)23-16-7-5-4-6-8-16)22-14-19(2,26)15-24-9-11-27-12-10-24/h4-8,26H,3,9-15H2,1-2H3,(H,23,25)(H2,20,21,22). The number of benzene rings is 1. The van der Waals surface area contributed by atoms with Crippen molar-refractivity contribution in [3.63, 3.8) is 0 Å². The molecular formula is C19H31N5O3. The fraction of sp³-hybridized carbons (Fsp3) is 0.579. The zero-order chi connectivity index (χ0) is 19.5.